The van der Waals surface area contributed by atoms with Gasteiger partial charge < -0.3 is 31.5 Å². The Morgan fingerprint density at radius 1 is 1.17 bits per heavy atom. The number of thiol groups is 1. The normalized spacial score (nSPS) is 19.3. The highest BCUT2D eigenvalue weighted by molar-refractivity contribution is 7.80. The van der Waals surface area contributed by atoms with E-state index in [0.717, 1.165) is 0 Å². The summed E-state index contributed by atoms with van der Waals surface area (Å²) in [6.45, 7) is 3.57. The van der Waals surface area contributed by atoms with E-state index in [1.165, 1.54) is 4.90 Å². The Labute approximate surface area is 173 Å². The Morgan fingerprint density at radius 3 is 2.28 bits per heavy atom. The van der Waals surface area contributed by atoms with Gasteiger partial charge in [-0.3, -0.25) is 19.2 Å². The van der Waals surface area contributed by atoms with Gasteiger partial charge in [-0.25, -0.2) is 4.79 Å². The number of likely N-dealkylation sites (tertiary alicyclic amines) is 1. The second kappa shape index (κ2) is 11.0. The molecule has 0 aromatic rings. The molecule has 0 aromatic carbocycles. The van der Waals surface area contributed by atoms with Crippen molar-refractivity contribution < 1.29 is 34.2 Å². The zero-order valence-corrected chi connectivity index (χ0v) is 17.2. The average molecular weight is 432 g/mol. The molecule has 0 saturated carbocycles. The summed E-state index contributed by atoms with van der Waals surface area (Å²) in [5.74, 6) is -4.81. The molecule has 0 radical (unpaired) electrons. The minimum Gasteiger partial charge on any atom is -0.481 e. The maximum absolute atomic E-state index is 12.8. The maximum atomic E-state index is 12.8. The molecule has 11 nitrogen and oxygen atoms in total. The van der Waals surface area contributed by atoms with E-state index in [-0.39, 0.29) is 18.2 Å². The summed E-state index contributed by atoms with van der Waals surface area (Å²) in [5, 5.41) is 22.8. The maximum Gasteiger partial charge on any atom is 0.326 e. The molecule has 1 aliphatic rings. The number of aliphatic carboxylic acids is 2. The summed E-state index contributed by atoms with van der Waals surface area (Å²) in [5.41, 5.74) is 5.50. The van der Waals surface area contributed by atoms with E-state index in [2.05, 4.69) is 23.3 Å². The third-order valence-electron chi connectivity index (χ3n) is 4.60. The third-order valence-corrected chi connectivity index (χ3v) is 4.96. The monoisotopic (exact) mass is 432 g/mol. The molecule has 4 atom stereocenters. The Hall–Kier alpha value is -2.34. The van der Waals surface area contributed by atoms with Gasteiger partial charge in [-0.05, 0) is 18.8 Å². The van der Waals surface area contributed by atoms with Crippen molar-refractivity contribution in [1.29, 1.82) is 0 Å². The number of nitrogens with two attached hydrogens (primary N) is 1. The fourth-order valence-electron chi connectivity index (χ4n) is 3.01. The van der Waals surface area contributed by atoms with Crippen molar-refractivity contribution in [3.63, 3.8) is 0 Å². The molecule has 0 bridgehead atoms. The largest absolute Gasteiger partial charge is 0.481 e. The van der Waals surface area contributed by atoms with E-state index in [9.17, 15) is 29.1 Å². The number of carboxylic acids is 2. The summed E-state index contributed by atoms with van der Waals surface area (Å²) in [6.07, 6.45) is 0.294. The lowest BCUT2D eigenvalue weighted by molar-refractivity contribution is -0.145. The molecule has 1 saturated heterocycles. The van der Waals surface area contributed by atoms with Gasteiger partial charge in [0.2, 0.25) is 17.7 Å². The van der Waals surface area contributed by atoms with Crippen LogP contribution in [0.1, 0.15) is 33.1 Å². The number of nitrogens with zero attached hydrogens (tertiary/aromatic N) is 1. The molecule has 12 heteroatoms. The first-order valence-electron chi connectivity index (χ1n) is 9.21. The lowest BCUT2D eigenvalue weighted by Gasteiger charge is -2.29. The van der Waals surface area contributed by atoms with Gasteiger partial charge in [0.25, 0.3) is 0 Å². The van der Waals surface area contributed by atoms with Crippen LogP contribution in [-0.4, -0.2) is 81.2 Å². The van der Waals surface area contributed by atoms with Crippen LogP contribution in [0.5, 0.6) is 0 Å². The van der Waals surface area contributed by atoms with Crippen LogP contribution < -0.4 is 16.4 Å². The van der Waals surface area contributed by atoms with Crippen LogP contribution in [0.15, 0.2) is 0 Å². The first kappa shape index (κ1) is 24.7. The number of carboxylic acid groups (broad SMARTS) is 2. The molecule has 4 unspecified atom stereocenters. The summed E-state index contributed by atoms with van der Waals surface area (Å²) in [4.78, 5) is 60.7. The molecule has 6 N–H and O–H groups in total. The first-order valence-corrected chi connectivity index (χ1v) is 9.85. The standard InChI is InChI=1S/C17H28N4O7S/c1-8(2)13(17(27)28)20-15(25)11-4-3-5-21(11)16(26)10(7-29)19-14(24)9(18)6-12(22)23/h8-11,13,29H,3-7,18H2,1-2H3,(H,19,24)(H,20,25)(H,22,23)(H,27,28). The SMILES string of the molecule is CC(C)C(NC(=O)C1CCCN1C(=O)C(CS)NC(=O)C(N)CC(=O)O)C(=O)O. The number of amides is 3. The van der Waals surface area contributed by atoms with Crippen LogP contribution in [0.25, 0.3) is 0 Å². The highest BCUT2D eigenvalue weighted by Crippen LogP contribution is 2.19. The Balaban J connectivity index is 2.84. The number of hydrogen-bond acceptors (Lipinski definition) is 7. The van der Waals surface area contributed by atoms with Crippen molar-refractivity contribution in [2.45, 2.75) is 57.3 Å². The molecule has 1 rings (SSSR count). The molecule has 29 heavy (non-hydrogen) atoms. The second-order valence-electron chi connectivity index (χ2n) is 7.21. The fraction of sp³-hybridized carbons (Fsp3) is 0.706. The van der Waals surface area contributed by atoms with Crippen LogP contribution in [0, 0.1) is 5.92 Å². The Kier molecular flexibility index (Phi) is 9.37. The second-order valence-corrected chi connectivity index (χ2v) is 7.57. The molecular formula is C17H28N4O7S. The molecule has 0 aliphatic carbocycles. The molecule has 0 aromatic heterocycles. The summed E-state index contributed by atoms with van der Waals surface area (Å²) < 4.78 is 0. The topological polar surface area (TPSA) is 179 Å². The minimum absolute atomic E-state index is 0.0844. The van der Waals surface area contributed by atoms with E-state index in [4.69, 9.17) is 10.8 Å². The van der Waals surface area contributed by atoms with Crippen molar-refractivity contribution in [1.82, 2.24) is 15.5 Å². The van der Waals surface area contributed by atoms with Crippen molar-refractivity contribution in [2.24, 2.45) is 11.7 Å². The number of hydrogen-bond donors (Lipinski definition) is 6. The molecular weight excluding hydrogens is 404 g/mol. The van der Waals surface area contributed by atoms with E-state index >= 15 is 0 Å². The fourth-order valence-corrected chi connectivity index (χ4v) is 3.26. The zero-order chi connectivity index (χ0) is 22.3. The molecule has 164 valence electrons. The zero-order valence-electron chi connectivity index (χ0n) is 16.3. The van der Waals surface area contributed by atoms with Crippen LogP contribution in [0.4, 0.5) is 0 Å². The Bertz CT molecular complexity index is 658. The average Bonchev–Trinajstić information content (AvgIpc) is 3.11. The Morgan fingerprint density at radius 2 is 1.79 bits per heavy atom. The van der Waals surface area contributed by atoms with Gasteiger partial charge in [0.05, 0.1) is 12.5 Å². The van der Waals surface area contributed by atoms with Gasteiger partial charge in [-0.1, -0.05) is 13.8 Å². The van der Waals surface area contributed by atoms with E-state index in [0.29, 0.717) is 12.8 Å². The van der Waals surface area contributed by atoms with Crippen LogP contribution in [0.2, 0.25) is 0 Å². The molecule has 1 heterocycles. The number of nitrogens with one attached hydrogen (secondary N) is 2. The number of carbonyl (C=O) groups is 5. The van der Waals surface area contributed by atoms with E-state index < -0.39 is 60.2 Å². The highest BCUT2D eigenvalue weighted by atomic mass is 32.1. The molecule has 0 spiro atoms. The lowest BCUT2D eigenvalue weighted by atomic mass is 10.0. The lowest BCUT2D eigenvalue weighted by Crippen LogP contribution is -2.57. The quantitative estimate of drug-likeness (QED) is 0.224. The van der Waals surface area contributed by atoms with Crippen LogP contribution in [-0.2, 0) is 24.0 Å². The minimum atomic E-state index is -1.33. The number of rotatable bonds is 10. The van der Waals surface area contributed by atoms with Crippen LogP contribution in [0.3, 0.4) is 0 Å². The van der Waals surface area contributed by atoms with Crippen LogP contribution >= 0.6 is 12.6 Å². The van der Waals surface area contributed by atoms with Gasteiger partial charge in [0, 0.05) is 12.3 Å². The smallest absolute Gasteiger partial charge is 0.326 e. The van der Waals surface area contributed by atoms with Gasteiger partial charge in [0.1, 0.15) is 18.1 Å². The third kappa shape index (κ3) is 6.89. The number of carbonyl (C=O) groups excluding carboxylic acids is 3. The molecule has 1 fully saturated rings. The summed E-state index contributed by atoms with van der Waals surface area (Å²) in [6, 6.07) is -4.38. The van der Waals surface area contributed by atoms with Crippen molar-refractivity contribution in [2.75, 3.05) is 12.3 Å². The van der Waals surface area contributed by atoms with Crippen molar-refractivity contribution in [3.05, 3.63) is 0 Å². The van der Waals surface area contributed by atoms with Crippen molar-refractivity contribution in [3.8, 4) is 0 Å². The van der Waals surface area contributed by atoms with Crippen molar-refractivity contribution >= 4 is 42.3 Å². The van der Waals surface area contributed by atoms with E-state index in [1.54, 1.807) is 13.8 Å². The predicted octanol–water partition coefficient (Wildman–Crippen LogP) is -1.58. The summed E-state index contributed by atoms with van der Waals surface area (Å²) >= 11 is 4.05. The highest BCUT2D eigenvalue weighted by Gasteiger charge is 2.39. The molecule has 3 amide bonds. The van der Waals surface area contributed by atoms with Gasteiger partial charge in [-0.2, -0.15) is 12.6 Å². The van der Waals surface area contributed by atoms with E-state index in [1.807, 2.05) is 0 Å². The first-order chi connectivity index (χ1) is 13.5. The van der Waals surface area contributed by atoms with Gasteiger partial charge in [0.15, 0.2) is 0 Å². The summed E-state index contributed by atoms with van der Waals surface area (Å²) in [7, 11) is 0. The van der Waals surface area contributed by atoms with Gasteiger partial charge in [-0.15, -0.1) is 0 Å². The predicted molar refractivity (Wildman–Crippen MR) is 105 cm³/mol. The van der Waals surface area contributed by atoms with Gasteiger partial charge >= 0.3 is 11.9 Å². The molecule has 1 aliphatic heterocycles.